The molecule has 23 heavy (non-hydrogen) atoms. The maximum Gasteiger partial charge on any atom is 0.229 e. The Balaban J connectivity index is 2.38. The molecule has 2 heterocycles. The Morgan fingerprint density at radius 3 is 2.74 bits per heavy atom. The van der Waals surface area contributed by atoms with Crippen LogP contribution in [0.25, 0.3) is 22.4 Å². The molecule has 0 amide bonds. The van der Waals surface area contributed by atoms with Crippen LogP contribution in [0.3, 0.4) is 0 Å². The fourth-order valence-corrected chi connectivity index (χ4v) is 2.47. The highest BCUT2D eigenvalue weighted by Gasteiger charge is 2.11. The van der Waals surface area contributed by atoms with Crippen LogP contribution in [0.4, 0.5) is 0 Å². The number of benzene rings is 1. The van der Waals surface area contributed by atoms with Crippen molar-refractivity contribution >= 4 is 28.7 Å². The van der Waals surface area contributed by atoms with Gasteiger partial charge in [-0.15, -0.1) is 10.2 Å². The molecule has 0 saturated heterocycles. The van der Waals surface area contributed by atoms with Gasteiger partial charge in [-0.05, 0) is 30.7 Å². The van der Waals surface area contributed by atoms with Gasteiger partial charge in [0.15, 0.2) is 0 Å². The first-order chi connectivity index (χ1) is 11.1. The Kier molecular flexibility index (Phi) is 3.99. The number of aryl methyl sites for hydroxylation is 1. The summed E-state index contributed by atoms with van der Waals surface area (Å²) >= 11 is 6.24. The van der Waals surface area contributed by atoms with E-state index < -0.39 is 0 Å². The fraction of sp³-hybridized carbons (Fsp3) is 0.0625. The summed E-state index contributed by atoms with van der Waals surface area (Å²) < 4.78 is 5.89. The molecule has 3 rings (SSSR count). The standard InChI is InChI=1S/C16H14ClN5O/c1-9-6-7-20-15-14(9)12(21-22-16(18)19)8-13(23-15)10-4-2-3-5-11(10)17/h2-8H,1H3,(H4,18,19,22)/b21-12+. The molecule has 3 aromatic rings. The maximum atomic E-state index is 6.24. The number of guanidine groups is 1. The van der Waals surface area contributed by atoms with E-state index >= 15 is 0 Å². The molecule has 0 spiro atoms. The molecule has 4 N–H and O–H groups in total. The maximum absolute atomic E-state index is 6.24. The second kappa shape index (κ2) is 6.10. The second-order valence-electron chi connectivity index (χ2n) is 4.91. The van der Waals surface area contributed by atoms with Crippen LogP contribution >= 0.6 is 11.6 Å². The Morgan fingerprint density at radius 2 is 2.00 bits per heavy atom. The van der Waals surface area contributed by atoms with Crippen LogP contribution in [0.15, 0.2) is 57.2 Å². The van der Waals surface area contributed by atoms with Crippen LogP contribution in [-0.2, 0) is 0 Å². The third-order valence-corrected chi connectivity index (χ3v) is 3.60. The van der Waals surface area contributed by atoms with Gasteiger partial charge >= 0.3 is 0 Å². The van der Waals surface area contributed by atoms with Crippen LogP contribution in [0.2, 0.25) is 5.02 Å². The average Bonchev–Trinajstić information content (AvgIpc) is 2.53. The quantitative estimate of drug-likeness (QED) is 0.429. The van der Waals surface area contributed by atoms with E-state index in [-0.39, 0.29) is 5.96 Å². The fourth-order valence-electron chi connectivity index (χ4n) is 2.24. The lowest BCUT2D eigenvalue weighted by molar-refractivity contribution is 0.604. The predicted molar refractivity (Wildman–Crippen MR) is 90.6 cm³/mol. The number of halogens is 1. The molecule has 0 saturated carbocycles. The molecule has 0 fully saturated rings. The lowest BCUT2D eigenvalue weighted by atomic mass is 10.1. The van der Waals surface area contributed by atoms with Crippen molar-refractivity contribution < 1.29 is 4.42 Å². The highest BCUT2D eigenvalue weighted by molar-refractivity contribution is 6.33. The van der Waals surface area contributed by atoms with E-state index in [4.69, 9.17) is 27.5 Å². The Bertz CT molecular complexity index is 974. The lowest BCUT2D eigenvalue weighted by Crippen LogP contribution is -2.22. The number of hydrogen-bond acceptors (Lipinski definition) is 4. The summed E-state index contributed by atoms with van der Waals surface area (Å²) in [6.07, 6.45) is 1.67. The van der Waals surface area contributed by atoms with E-state index in [9.17, 15) is 0 Å². The summed E-state index contributed by atoms with van der Waals surface area (Å²) in [6.45, 7) is 1.93. The molecular formula is C16H14ClN5O. The van der Waals surface area contributed by atoms with Gasteiger partial charge in [0, 0.05) is 17.8 Å². The van der Waals surface area contributed by atoms with Gasteiger partial charge in [0.25, 0.3) is 0 Å². The van der Waals surface area contributed by atoms with Crippen LogP contribution in [-0.4, -0.2) is 10.9 Å². The number of fused-ring (bicyclic) bond motifs is 1. The van der Waals surface area contributed by atoms with Crippen LogP contribution in [0, 0.1) is 6.92 Å². The number of aromatic nitrogens is 1. The van der Waals surface area contributed by atoms with Gasteiger partial charge in [0.1, 0.15) is 11.1 Å². The summed E-state index contributed by atoms with van der Waals surface area (Å²) in [5, 5.41) is 9.71. The van der Waals surface area contributed by atoms with E-state index in [1.807, 2.05) is 31.2 Å². The molecule has 7 heteroatoms. The van der Waals surface area contributed by atoms with Gasteiger partial charge in [0.05, 0.1) is 10.4 Å². The SMILES string of the molecule is Cc1ccnc2oc(-c3ccccc3Cl)c/c(=N\N=C(N)N)c12. The van der Waals surface area contributed by atoms with Gasteiger partial charge in [-0.2, -0.15) is 0 Å². The van der Waals surface area contributed by atoms with Crippen molar-refractivity contribution in [1.82, 2.24) is 4.98 Å². The van der Waals surface area contributed by atoms with E-state index in [2.05, 4.69) is 15.2 Å². The number of nitrogens with zero attached hydrogens (tertiary/aromatic N) is 3. The zero-order chi connectivity index (χ0) is 16.4. The van der Waals surface area contributed by atoms with E-state index in [0.29, 0.717) is 21.9 Å². The summed E-state index contributed by atoms with van der Waals surface area (Å²) in [7, 11) is 0. The minimum absolute atomic E-state index is 0.125. The van der Waals surface area contributed by atoms with Crippen molar-refractivity contribution in [2.75, 3.05) is 0 Å². The molecule has 6 nitrogen and oxygen atoms in total. The molecule has 0 aliphatic rings. The molecule has 0 radical (unpaired) electrons. The first-order valence-electron chi connectivity index (χ1n) is 6.83. The molecule has 0 aliphatic carbocycles. The molecule has 0 unspecified atom stereocenters. The molecular weight excluding hydrogens is 314 g/mol. The van der Waals surface area contributed by atoms with Crippen molar-refractivity contribution in [2.24, 2.45) is 21.7 Å². The average molecular weight is 328 g/mol. The number of nitrogens with two attached hydrogens (primary N) is 2. The van der Waals surface area contributed by atoms with Crippen molar-refractivity contribution in [3.63, 3.8) is 0 Å². The minimum atomic E-state index is -0.125. The summed E-state index contributed by atoms with van der Waals surface area (Å²) in [4.78, 5) is 4.26. The van der Waals surface area contributed by atoms with Crippen LogP contribution in [0.1, 0.15) is 5.56 Å². The minimum Gasteiger partial charge on any atom is -0.438 e. The third kappa shape index (κ3) is 3.02. The molecule has 2 aromatic heterocycles. The highest BCUT2D eigenvalue weighted by atomic mass is 35.5. The normalized spacial score (nSPS) is 11.7. The zero-order valence-electron chi connectivity index (χ0n) is 12.3. The summed E-state index contributed by atoms with van der Waals surface area (Å²) in [6, 6.07) is 11.0. The summed E-state index contributed by atoms with van der Waals surface area (Å²) in [5.41, 5.74) is 12.9. The van der Waals surface area contributed by atoms with Crippen molar-refractivity contribution in [2.45, 2.75) is 6.92 Å². The number of pyridine rings is 1. The largest absolute Gasteiger partial charge is 0.438 e. The Labute approximate surface area is 137 Å². The van der Waals surface area contributed by atoms with Crippen molar-refractivity contribution in [3.05, 3.63) is 58.5 Å². The van der Waals surface area contributed by atoms with Gasteiger partial charge in [-0.3, -0.25) is 0 Å². The van der Waals surface area contributed by atoms with Gasteiger partial charge in [0.2, 0.25) is 11.7 Å². The highest BCUT2D eigenvalue weighted by Crippen LogP contribution is 2.28. The molecule has 0 aliphatic heterocycles. The first-order valence-corrected chi connectivity index (χ1v) is 7.21. The smallest absolute Gasteiger partial charge is 0.229 e. The number of hydrogen-bond donors (Lipinski definition) is 2. The lowest BCUT2D eigenvalue weighted by Gasteiger charge is -2.06. The first kappa shape index (κ1) is 15.1. The van der Waals surface area contributed by atoms with Crippen molar-refractivity contribution in [3.8, 4) is 11.3 Å². The third-order valence-electron chi connectivity index (χ3n) is 3.27. The van der Waals surface area contributed by atoms with E-state index in [1.54, 1.807) is 18.3 Å². The molecule has 0 atom stereocenters. The summed E-state index contributed by atoms with van der Waals surface area (Å²) in [5.74, 6) is 0.408. The van der Waals surface area contributed by atoms with Gasteiger partial charge in [-0.1, -0.05) is 23.7 Å². The van der Waals surface area contributed by atoms with Crippen molar-refractivity contribution in [1.29, 1.82) is 0 Å². The second-order valence-corrected chi connectivity index (χ2v) is 5.32. The zero-order valence-corrected chi connectivity index (χ0v) is 13.1. The predicted octanol–water partition coefficient (Wildman–Crippen LogP) is 2.55. The molecule has 0 bridgehead atoms. The molecule has 1 aromatic carbocycles. The Morgan fingerprint density at radius 1 is 1.22 bits per heavy atom. The van der Waals surface area contributed by atoms with Crippen LogP contribution in [0.5, 0.6) is 0 Å². The van der Waals surface area contributed by atoms with Crippen LogP contribution < -0.4 is 16.8 Å². The molecule has 116 valence electrons. The monoisotopic (exact) mass is 327 g/mol. The van der Waals surface area contributed by atoms with Gasteiger partial charge < -0.3 is 15.9 Å². The Hall–Kier alpha value is -2.86. The van der Waals surface area contributed by atoms with Gasteiger partial charge in [-0.25, -0.2) is 4.98 Å². The number of rotatable bonds is 2. The van der Waals surface area contributed by atoms with E-state index in [1.165, 1.54) is 0 Å². The van der Waals surface area contributed by atoms with E-state index in [0.717, 1.165) is 16.5 Å². The topological polar surface area (TPSA) is 103 Å².